The number of rotatable bonds is 5. The van der Waals surface area contributed by atoms with E-state index in [1.165, 1.54) is 0 Å². The highest BCUT2D eigenvalue weighted by Gasteiger charge is 2.29. The molecule has 1 aliphatic carbocycles. The molecule has 0 spiro atoms. The van der Waals surface area contributed by atoms with E-state index in [1.54, 1.807) is 24.3 Å². The maximum atomic E-state index is 11.7. The third-order valence-corrected chi connectivity index (χ3v) is 3.17. The summed E-state index contributed by atoms with van der Waals surface area (Å²) < 4.78 is 0. The molecule has 1 aromatic carbocycles. The largest absolute Gasteiger partial charge is 0.393 e. The fraction of sp³-hybridized carbons (Fsp3) is 0.429. The molecule has 0 aromatic heterocycles. The van der Waals surface area contributed by atoms with Crippen LogP contribution in [0, 0.1) is 17.2 Å². The highest BCUT2D eigenvalue weighted by molar-refractivity contribution is 5.94. The van der Waals surface area contributed by atoms with Crippen LogP contribution >= 0.6 is 0 Å². The van der Waals surface area contributed by atoms with Gasteiger partial charge in [-0.3, -0.25) is 4.79 Å². The zero-order valence-corrected chi connectivity index (χ0v) is 10.1. The monoisotopic (exact) mass is 244 g/mol. The van der Waals surface area contributed by atoms with E-state index in [2.05, 4.69) is 5.32 Å². The Balaban J connectivity index is 1.78. The molecular formula is C14H16N2O2. The topological polar surface area (TPSA) is 73.1 Å². The average Bonchev–Trinajstić information content (AvgIpc) is 3.23. The summed E-state index contributed by atoms with van der Waals surface area (Å²) in [7, 11) is 0. The number of aliphatic hydroxyl groups excluding tert-OH is 1. The van der Waals surface area contributed by atoms with Crippen molar-refractivity contribution in [1.82, 2.24) is 5.32 Å². The number of nitriles is 1. The minimum atomic E-state index is -0.286. The van der Waals surface area contributed by atoms with E-state index in [-0.39, 0.29) is 12.0 Å². The summed E-state index contributed by atoms with van der Waals surface area (Å²) in [5, 5.41) is 21.1. The molecule has 2 rings (SSSR count). The standard InChI is InChI=1S/C14H16N2O2/c15-9-10-1-3-12(4-2-10)14(18)16-8-7-13(17)11-5-6-11/h1-4,11,13,17H,5-8H2,(H,16,18). The van der Waals surface area contributed by atoms with Crippen molar-refractivity contribution in [2.45, 2.75) is 25.4 Å². The van der Waals surface area contributed by atoms with E-state index in [0.717, 1.165) is 12.8 Å². The van der Waals surface area contributed by atoms with Crippen molar-refractivity contribution in [3.8, 4) is 6.07 Å². The Morgan fingerprint density at radius 1 is 1.44 bits per heavy atom. The van der Waals surface area contributed by atoms with Crippen molar-refractivity contribution in [2.75, 3.05) is 6.54 Å². The van der Waals surface area contributed by atoms with Gasteiger partial charge >= 0.3 is 0 Å². The molecule has 1 saturated carbocycles. The lowest BCUT2D eigenvalue weighted by Gasteiger charge is -2.09. The Bertz CT molecular complexity index is 458. The molecule has 4 heteroatoms. The number of nitrogens with zero attached hydrogens (tertiary/aromatic N) is 1. The number of hydrogen-bond acceptors (Lipinski definition) is 3. The number of hydrogen-bond donors (Lipinski definition) is 2. The molecule has 2 N–H and O–H groups in total. The number of carbonyl (C=O) groups excluding carboxylic acids is 1. The van der Waals surface area contributed by atoms with Gasteiger partial charge in [-0.15, -0.1) is 0 Å². The van der Waals surface area contributed by atoms with Crippen LogP contribution in [0.2, 0.25) is 0 Å². The fourth-order valence-electron chi connectivity index (χ4n) is 1.85. The van der Waals surface area contributed by atoms with Crippen LogP contribution in [0.5, 0.6) is 0 Å². The van der Waals surface area contributed by atoms with Gasteiger partial charge in [0.1, 0.15) is 0 Å². The fourth-order valence-corrected chi connectivity index (χ4v) is 1.85. The number of benzene rings is 1. The first-order valence-electron chi connectivity index (χ1n) is 6.17. The van der Waals surface area contributed by atoms with Crippen molar-refractivity contribution >= 4 is 5.91 Å². The molecule has 18 heavy (non-hydrogen) atoms. The second kappa shape index (κ2) is 5.65. The molecule has 1 fully saturated rings. The molecule has 0 bridgehead atoms. The van der Waals surface area contributed by atoms with Crippen LogP contribution < -0.4 is 5.32 Å². The van der Waals surface area contributed by atoms with Gasteiger partial charge in [0.05, 0.1) is 17.7 Å². The summed E-state index contributed by atoms with van der Waals surface area (Å²) in [6, 6.07) is 8.50. The molecule has 1 unspecified atom stereocenters. The second-order valence-corrected chi connectivity index (χ2v) is 4.64. The quantitative estimate of drug-likeness (QED) is 0.823. The van der Waals surface area contributed by atoms with Gasteiger partial charge < -0.3 is 10.4 Å². The minimum absolute atomic E-state index is 0.164. The zero-order valence-electron chi connectivity index (χ0n) is 10.1. The summed E-state index contributed by atoms with van der Waals surface area (Å²) in [6.45, 7) is 0.483. The van der Waals surface area contributed by atoms with Crippen LogP contribution in [0.4, 0.5) is 0 Å². The van der Waals surface area contributed by atoms with Crippen LogP contribution in [0.15, 0.2) is 24.3 Å². The van der Waals surface area contributed by atoms with Gasteiger partial charge in [0.2, 0.25) is 0 Å². The normalized spacial score (nSPS) is 15.8. The molecule has 1 atom stereocenters. The Kier molecular flexibility index (Phi) is 3.96. The van der Waals surface area contributed by atoms with Gasteiger partial charge in [0, 0.05) is 12.1 Å². The zero-order chi connectivity index (χ0) is 13.0. The van der Waals surface area contributed by atoms with Crippen molar-refractivity contribution in [3.63, 3.8) is 0 Å². The van der Waals surface area contributed by atoms with Crippen molar-refractivity contribution < 1.29 is 9.90 Å². The van der Waals surface area contributed by atoms with E-state index in [1.807, 2.05) is 6.07 Å². The third-order valence-electron chi connectivity index (χ3n) is 3.17. The molecule has 1 aliphatic rings. The van der Waals surface area contributed by atoms with E-state index in [0.29, 0.717) is 30.0 Å². The molecule has 1 amide bonds. The van der Waals surface area contributed by atoms with Gasteiger partial charge in [0.15, 0.2) is 0 Å². The van der Waals surface area contributed by atoms with Crippen LogP contribution in [0.3, 0.4) is 0 Å². The van der Waals surface area contributed by atoms with Gasteiger partial charge in [-0.25, -0.2) is 0 Å². The predicted molar refractivity (Wildman–Crippen MR) is 66.8 cm³/mol. The Hall–Kier alpha value is -1.86. The Morgan fingerprint density at radius 3 is 2.67 bits per heavy atom. The van der Waals surface area contributed by atoms with Crippen LogP contribution in [0.1, 0.15) is 35.2 Å². The smallest absolute Gasteiger partial charge is 0.251 e. The van der Waals surface area contributed by atoms with Gasteiger partial charge in [-0.1, -0.05) is 0 Å². The van der Waals surface area contributed by atoms with Crippen LogP contribution in [-0.2, 0) is 0 Å². The molecule has 4 nitrogen and oxygen atoms in total. The number of aliphatic hydroxyl groups is 1. The molecular weight excluding hydrogens is 228 g/mol. The van der Waals surface area contributed by atoms with Crippen molar-refractivity contribution in [1.29, 1.82) is 5.26 Å². The molecule has 0 radical (unpaired) electrons. The first kappa shape index (κ1) is 12.6. The highest BCUT2D eigenvalue weighted by atomic mass is 16.3. The van der Waals surface area contributed by atoms with E-state index < -0.39 is 0 Å². The van der Waals surface area contributed by atoms with E-state index >= 15 is 0 Å². The maximum Gasteiger partial charge on any atom is 0.251 e. The van der Waals surface area contributed by atoms with Crippen LogP contribution in [0.25, 0.3) is 0 Å². The highest BCUT2D eigenvalue weighted by Crippen LogP contribution is 2.33. The Labute approximate surface area is 106 Å². The SMILES string of the molecule is N#Cc1ccc(C(=O)NCCC(O)C2CC2)cc1. The molecule has 94 valence electrons. The van der Waals surface area contributed by atoms with Gasteiger partial charge in [-0.2, -0.15) is 5.26 Å². The van der Waals surface area contributed by atoms with Crippen LogP contribution in [-0.4, -0.2) is 23.7 Å². The van der Waals surface area contributed by atoms with Crippen molar-refractivity contribution in [2.24, 2.45) is 5.92 Å². The summed E-state index contributed by atoms with van der Waals surface area (Å²) >= 11 is 0. The number of amides is 1. The number of carbonyl (C=O) groups is 1. The summed E-state index contributed by atoms with van der Waals surface area (Å²) in [6.07, 6.45) is 2.52. The molecule has 0 saturated heterocycles. The maximum absolute atomic E-state index is 11.7. The average molecular weight is 244 g/mol. The molecule has 1 aromatic rings. The minimum Gasteiger partial charge on any atom is -0.393 e. The van der Waals surface area contributed by atoms with Crippen molar-refractivity contribution in [3.05, 3.63) is 35.4 Å². The van der Waals surface area contributed by atoms with E-state index in [4.69, 9.17) is 5.26 Å². The lowest BCUT2D eigenvalue weighted by atomic mass is 10.1. The van der Waals surface area contributed by atoms with Gasteiger partial charge in [-0.05, 0) is 49.4 Å². The van der Waals surface area contributed by atoms with E-state index in [9.17, 15) is 9.90 Å². The third kappa shape index (κ3) is 3.31. The predicted octanol–water partition coefficient (Wildman–Crippen LogP) is 1.45. The lowest BCUT2D eigenvalue weighted by Crippen LogP contribution is -2.27. The second-order valence-electron chi connectivity index (χ2n) is 4.64. The molecule has 0 aliphatic heterocycles. The van der Waals surface area contributed by atoms with Gasteiger partial charge in [0.25, 0.3) is 5.91 Å². The Morgan fingerprint density at radius 2 is 2.11 bits per heavy atom. The summed E-state index contributed by atoms with van der Waals surface area (Å²) in [5.74, 6) is 0.277. The summed E-state index contributed by atoms with van der Waals surface area (Å²) in [4.78, 5) is 11.7. The first-order valence-corrected chi connectivity index (χ1v) is 6.17. The summed E-state index contributed by atoms with van der Waals surface area (Å²) in [5.41, 5.74) is 1.07. The number of nitrogens with one attached hydrogen (secondary N) is 1. The lowest BCUT2D eigenvalue weighted by molar-refractivity contribution is 0.0937. The molecule has 0 heterocycles. The first-order chi connectivity index (χ1) is 8.70.